The fourth-order valence-corrected chi connectivity index (χ4v) is 7.86. The minimum Gasteiger partial charge on any atom is -0.465 e. The molecule has 1 fully saturated rings. The van der Waals surface area contributed by atoms with Gasteiger partial charge in [-0.25, -0.2) is 13.2 Å². The van der Waals surface area contributed by atoms with Crippen LogP contribution in [-0.2, 0) is 32.5 Å². The molecule has 178 valence electrons. The van der Waals surface area contributed by atoms with E-state index in [4.69, 9.17) is 4.74 Å². The molecule has 1 amide bonds. The molecule has 0 spiro atoms. The minimum absolute atomic E-state index is 0.0522. The number of methoxy groups -OCH3 is 1. The van der Waals surface area contributed by atoms with Gasteiger partial charge < -0.3 is 9.64 Å². The Balaban J connectivity index is 1.63. The SMILES string of the molecule is COC(=O)c1c(S(=O)(=O)Nc2cc(C)cc(C)c2)sc2c1CCN(C(=O)CC1CCCC1)C2. The zero-order valence-electron chi connectivity index (χ0n) is 19.3. The van der Waals surface area contributed by atoms with Crippen LogP contribution in [0, 0.1) is 19.8 Å². The Morgan fingerprint density at radius 2 is 1.82 bits per heavy atom. The molecule has 2 aromatic rings. The number of anilines is 1. The smallest absolute Gasteiger partial charge is 0.340 e. The number of hydrogen-bond donors (Lipinski definition) is 1. The quantitative estimate of drug-likeness (QED) is 0.605. The molecule has 1 saturated carbocycles. The number of hydrogen-bond acceptors (Lipinski definition) is 6. The second-order valence-electron chi connectivity index (χ2n) is 9.06. The molecule has 0 bridgehead atoms. The Hall–Kier alpha value is -2.39. The summed E-state index contributed by atoms with van der Waals surface area (Å²) in [6.07, 6.45) is 5.55. The van der Waals surface area contributed by atoms with Crippen molar-refractivity contribution < 1.29 is 22.7 Å². The molecule has 0 radical (unpaired) electrons. The summed E-state index contributed by atoms with van der Waals surface area (Å²) in [6, 6.07) is 5.46. The first-order valence-electron chi connectivity index (χ1n) is 11.3. The number of nitrogens with one attached hydrogen (secondary N) is 1. The molecule has 0 saturated heterocycles. The van der Waals surface area contributed by atoms with Gasteiger partial charge in [-0.05, 0) is 67.9 Å². The lowest BCUT2D eigenvalue weighted by Crippen LogP contribution is -2.36. The summed E-state index contributed by atoms with van der Waals surface area (Å²) in [5.41, 5.74) is 3.09. The molecule has 1 aromatic carbocycles. The van der Waals surface area contributed by atoms with Crippen LogP contribution in [0.4, 0.5) is 5.69 Å². The van der Waals surface area contributed by atoms with E-state index < -0.39 is 16.0 Å². The average molecular weight is 491 g/mol. The van der Waals surface area contributed by atoms with Crippen LogP contribution in [0.2, 0.25) is 0 Å². The van der Waals surface area contributed by atoms with Crippen molar-refractivity contribution in [3.05, 3.63) is 45.3 Å². The molecule has 4 rings (SSSR count). The monoisotopic (exact) mass is 490 g/mol. The fourth-order valence-electron chi connectivity index (χ4n) is 4.91. The summed E-state index contributed by atoms with van der Waals surface area (Å²) in [4.78, 5) is 28.0. The molecule has 2 aliphatic rings. The highest BCUT2D eigenvalue weighted by Gasteiger charge is 2.35. The second-order valence-corrected chi connectivity index (χ2v) is 12.0. The number of carbonyl (C=O) groups excluding carboxylic acids is 2. The van der Waals surface area contributed by atoms with Crippen LogP contribution < -0.4 is 4.72 Å². The summed E-state index contributed by atoms with van der Waals surface area (Å²) in [7, 11) is -2.77. The van der Waals surface area contributed by atoms with Crippen LogP contribution in [0.1, 0.15) is 64.0 Å². The Morgan fingerprint density at radius 1 is 1.15 bits per heavy atom. The number of nitrogens with zero attached hydrogens (tertiary/aromatic N) is 1. The van der Waals surface area contributed by atoms with E-state index in [2.05, 4.69) is 4.72 Å². The number of amides is 1. The lowest BCUT2D eigenvalue weighted by Gasteiger charge is -2.28. The number of aryl methyl sites for hydroxylation is 2. The molecule has 1 aliphatic heterocycles. The van der Waals surface area contributed by atoms with Crippen molar-refractivity contribution in [2.45, 2.75) is 63.1 Å². The van der Waals surface area contributed by atoms with Crippen LogP contribution in [0.3, 0.4) is 0 Å². The Morgan fingerprint density at radius 3 is 2.45 bits per heavy atom. The highest BCUT2D eigenvalue weighted by Crippen LogP contribution is 2.38. The van der Waals surface area contributed by atoms with Crippen molar-refractivity contribution in [3.63, 3.8) is 0 Å². The molecule has 1 aromatic heterocycles. The van der Waals surface area contributed by atoms with Crippen LogP contribution >= 0.6 is 11.3 Å². The third-order valence-electron chi connectivity index (χ3n) is 6.42. The average Bonchev–Trinajstić information content (AvgIpc) is 3.39. The van der Waals surface area contributed by atoms with E-state index >= 15 is 0 Å². The van der Waals surface area contributed by atoms with Gasteiger partial charge in [-0.3, -0.25) is 9.52 Å². The van der Waals surface area contributed by atoms with Gasteiger partial charge in [-0.1, -0.05) is 18.9 Å². The third kappa shape index (κ3) is 5.09. The van der Waals surface area contributed by atoms with E-state index in [1.54, 1.807) is 17.0 Å². The molecular weight excluding hydrogens is 460 g/mol. The van der Waals surface area contributed by atoms with Gasteiger partial charge in [-0.15, -0.1) is 11.3 Å². The number of carbonyl (C=O) groups is 2. The zero-order valence-corrected chi connectivity index (χ0v) is 20.9. The minimum atomic E-state index is -4.02. The van der Waals surface area contributed by atoms with Crippen molar-refractivity contribution in [1.82, 2.24) is 4.90 Å². The predicted molar refractivity (Wildman–Crippen MR) is 128 cm³/mol. The summed E-state index contributed by atoms with van der Waals surface area (Å²) in [6.45, 7) is 4.59. The van der Waals surface area contributed by atoms with Gasteiger partial charge in [0.1, 0.15) is 0 Å². The topological polar surface area (TPSA) is 92.8 Å². The van der Waals surface area contributed by atoms with E-state index in [1.807, 2.05) is 19.9 Å². The molecule has 7 nitrogen and oxygen atoms in total. The van der Waals surface area contributed by atoms with E-state index in [0.717, 1.165) is 40.2 Å². The van der Waals surface area contributed by atoms with Crippen LogP contribution in [-0.4, -0.2) is 38.8 Å². The van der Waals surface area contributed by atoms with Crippen molar-refractivity contribution in [3.8, 4) is 0 Å². The normalized spacial score (nSPS) is 16.5. The lowest BCUT2D eigenvalue weighted by atomic mass is 10.0. The summed E-state index contributed by atoms with van der Waals surface area (Å²) < 4.78 is 34.2. The van der Waals surface area contributed by atoms with Crippen molar-refractivity contribution in [2.24, 2.45) is 5.92 Å². The van der Waals surface area contributed by atoms with Crippen LogP contribution in [0.25, 0.3) is 0 Å². The second kappa shape index (κ2) is 9.46. The summed E-state index contributed by atoms with van der Waals surface area (Å²) in [5.74, 6) is -0.108. The van der Waals surface area contributed by atoms with Gasteiger partial charge >= 0.3 is 5.97 Å². The van der Waals surface area contributed by atoms with Gasteiger partial charge in [-0.2, -0.15) is 0 Å². The van der Waals surface area contributed by atoms with E-state index in [0.29, 0.717) is 43.1 Å². The number of rotatable bonds is 6. The predicted octanol–water partition coefficient (Wildman–Crippen LogP) is 4.42. The molecule has 0 unspecified atom stereocenters. The van der Waals surface area contributed by atoms with Crippen LogP contribution in [0.15, 0.2) is 22.4 Å². The first kappa shape index (κ1) is 23.8. The number of fused-ring (bicyclic) bond motifs is 1. The summed E-state index contributed by atoms with van der Waals surface area (Å²) >= 11 is 1.06. The molecule has 0 atom stereocenters. The highest BCUT2D eigenvalue weighted by molar-refractivity contribution is 7.94. The maximum Gasteiger partial charge on any atom is 0.340 e. The van der Waals surface area contributed by atoms with Crippen LogP contribution in [0.5, 0.6) is 0 Å². The third-order valence-corrected chi connectivity index (χ3v) is 9.54. The Kier molecular flexibility index (Phi) is 6.81. The molecule has 9 heteroatoms. The number of esters is 1. The largest absolute Gasteiger partial charge is 0.465 e. The first-order valence-corrected chi connectivity index (χ1v) is 13.6. The van der Waals surface area contributed by atoms with E-state index in [9.17, 15) is 18.0 Å². The number of sulfonamides is 1. The first-order chi connectivity index (χ1) is 15.7. The van der Waals surface area contributed by atoms with Gasteiger partial charge in [0, 0.05) is 23.5 Å². The number of ether oxygens (including phenoxy) is 1. The standard InChI is InChI=1S/C24H30N2O5S2/c1-15-10-16(2)12-18(11-15)25-33(29,30)24-22(23(28)31-3)19-8-9-26(14-20(19)32-24)21(27)13-17-6-4-5-7-17/h10-12,17,25H,4-9,13-14H2,1-3H3. The zero-order chi connectivity index (χ0) is 23.8. The lowest BCUT2D eigenvalue weighted by molar-refractivity contribution is -0.133. The Labute approximate surface area is 199 Å². The van der Waals surface area contributed by atoms with Gasteiger partial charge in [0.2, 0.25) is 5.91 Å². The molecule has 2 heterocycles. The molecule has 33 heavy (non-hydrogen) atoms. The van der Waals surface area contributed by atoms with Crippen molar-refractivity contribution in [2.75, 3.05) is 18.4 Å². The fraction of sp³-hybridized carbons (Fsp3) is 0.500. The van der Waals surface area contributed by atoms with Crippen molar-refractivity contribution in [1.29, 1.82) is 0 Å². The van der Waals surface area contributed by atoms with Gasteiger partial charge in [0.15, 0.2) is 4.21 Å². The van der Waals surface area contributed by atoms with Gasteiger partial charge in [0.25, 0.3) is 10.0 Å². The maximum atomic E-state index is 13.3. The highest BCUT2D eigenvalue weighted by atomic mass is 32.2. The number of thiophene rings is 1. The summed E-state index contributed by atoms with van der Waals surface area (Å²) in [5, 5.41) is 0. The maximum absolute atomic E-state index is 13.3. The van der Waals surface area contributed by atoms with Gasteiger partial charge in [0.05, 0.1) is 19.2 Å². The molecular formula is C24H30N2O5S2. The number of benzene rings is 1. The molecule has 1 aliphatic carbocycles. The van der Waals surface area contributed by atoms with E-state index in [-0.39, 0.29) is 15.7 Å². The van der Waals surface area contributed by atoms with Crippen molar-refractivity contribution >= 4 is 38.9 Å². The molecule has 1 N–H and O–H groups in total. The van der Waals surface area contributed by atoms with E-state index in [1.165, 1.54) is 20.0 Å². The Bertz CT molecular complexity index is 1160.